The number of nitriles is 1. The van der Waals surface area contributed by atoms with Crippen LogP contribution in [0.25, 0.3) is 0 Å². The molecule has 0 radical (unpaired) electrons. The summed E-state index contributed by atoms with van der Waals surface area (Å²) in [5.74, 6) is -2.77. The number of hydrogen-bond acceptors (Lipinski definition) is 10. The molecular formula is C30H34N4O8. The van der Waals surface area contributed by atoms with E-state index in [1.165, 1.54) is 25.3 Å². The third-order valence-corrected chi connectivity index (χ3v) is 7.03. The Morgan fingerprint density at radius 2 is 1.83 bits per heavy atom. The summed E-state index contributed by atoms with van der Waals surface area (Å²) in [4.78, 5) is 38.2. The van der Waals surface area contributed by atoms with Gasteiger partial charge in [0, 0.05) is 42.2 Å². The van der Waals surface area contributed by atoms with Crippen LogP contribution in [0.2, 0.25) is 0 Å². The van der Waals surface area contributed by atoms with E-state index >= 15 is 0 Å². The minimum absolute atomic E-state index is 0.0568. The maximum atomic E-state index is 13.1. The van der Waals surface area contributed by atoms with E-state index in [0.717, 1.165) is 0 Å². The molecule has 42 heavy (non-hydrogen) atoms. The molecule has 3 N–H and O–H groups in total. The van der Waals surface area contributed by atoms with E-state index in [4.69, 9.17) is 9.47 Å². The van der Waals surface area contributed by atoms with Crippen LogP contribution in [0.1, 0.15) is 44.7 Å². The van der Waals surface area contributed by atoms with Crippen LogP contribution in [-0.4, -0.2) is 70.4 Å². The molecule has 12 heteroatoms. The van der Waals surface area contributed by atoms with Gasteiger partial charge in [0.15, 0.2) is 0 Å². The van der Waals surface area contributed by atoms with Crippen LogP contribution in [0.5, 0.6) is 5.75 Å². The molecule has 2 unspecified atom stereocenters. The second-order valence-electron chi connectivity index (χ2n) is 10.5. The molecule has 2 atom stereocenters. The predicted molar refractivity (Wildman–Crippen MR) is 152 cm³/mol. The lowest BCUT2D eigenvalue weighted by atomic mass is 9.79. The van der Waals surface area contributed by atoms with Gasteiger partial charge in [-0.3, -0.25) is 10.1 Å². The normalized spacial score (nSPS) is 16.1. The molecule has 0 saturated carbocycles. The Morgan fingerprint density at radius 1 is 1.17 bits per heavy atom. The average molecular weight is 579 g/mol. The number of aliphatic hydroxyl groups is 1. The minimum Gasteiger partial charge on any atom is -0.489 e. The van der Waals surface area contributed by atoms with Gasteiger partial charge in [-0.25, -0.2) is 9.59 Å². The number of nitro benzene ring substituents is 1. The number of para-hydroxylation sites is 1. The van der Waals surface area contributed by atoms with E-state index in [2.05, 4.69) is 5.32 Å². The van der Waals surface area contributed by atoms with Crippen molar-refractivity contribution in [3.63, 3.8) is 0 Å². The van der Waals surface area contributed by atoms with Gasteiger partial charge in [-0.15, -0.1) is 0 Å². The molecule has 0 amide bonds. The van der Waals surface area contributed by atoms with E-state index in [-0.39, 0.29) is 42.1 Å². The first-order valence-corrected chi connectivity index (χ1v) is 13.1. The van der Waals surface area contributed by atoms with Gasteiger partial charge in [0.1, 0.15) is 24.5 Å². The van der Waals surface area contributed by atoms with E-state index < -0.39 is 34.4 Å². The van der Waals surface area contributed by atoms with Gasteiger partial charge in [-0.1, -0.05) is 24.3 Å². The van der Waals surface area contributed by atoms with E-state index in [1.807, 2.05) is 19.9 Å². The van der Waals surface area contributed by atoms with Crippen LogP contribution in [0.4, 0.5) is 5.69 Å². The van der Waals surface area contributed by atoms with Gasteiger partial charge in [0.2, 0.25) is 0 Å². The number of carbonyl (C=O) groups excluding carboxylic acids is 1. The van der Waals surface area contributed by atoms with Gasteiger partial charge in [0.25, 0.3) is 5.69 Å². The number of allylic oxidation sites excluding steroid dienone is 2. The first kappa shape index (κ1) is 31.8. The summed E-state index contributed by atoms with van der Waals surface area (Å²) in [6.07, 6.45) is -0.927. The number of methoxy groups -OCH3 is 1. The zero-order valence-electron chi connectivity index (χ0n) is 24.1. The van der Waals surface area contributed by atoms with Crippen molar-refractivity contribution >= 4 is 17.6 Å². The fraction of sp³-hybridized carbons (Fsp3) is 0.367. The fourth-order valence-electron chi connectivity index (χ4n) is 4.92. The van der Waals surface area contributed by atoms with E-state index in [1.54, 1.807) is 49.1 Å². The Hall–Kier alpha value is -4.73. The summed E-state index contributed by atoms with van der Waals surface area (Å²) in [5.41, 5.74) is 0.429. The molecule has 2 aromatic carbocycles. The van der Waals surface area contributed by atoms with Crippen molar-refractivity contribution in [2.45, 2.75) is 45.3 Å². The molecular weight excluding hydrogens is 544 g/mol. The highest BCUT2D eigenvalue weighted by molar-refractivity contribution is 5.99. The lowest BCUT2D eigenvalue weighted by Gasteiger charge is -2.41. The van der Waals surface area contributed by atoms with Crippen molar-refractivity contribution in [2.24, 2.45) is 0 Å². The van der Waals surface area contributed by atoms with Gasteiger partial charge >= 0.3 is 11.9 Å². The maximum absolute atomic E-state index is 13.1. The number of nitrogens with zero attached hydrogens (tertiary/aromatic N) is 3. The zero-order valence-corrected chi connectivity index (χ0v) is 24.1. The molecule has 1 aliphatic heterocycles. The molecule has 0 bridgehead atoms. The summed E-state index contributed by atoms with van der Waals surface area (Å²) >= 11 is 0. The minimum atomic E-state index is -1.28. The third-order valence-electron chi connectivity index (χ3n) is 7.03. The Balaban J connectivity index is 1.88. The summed E-state index contributed by atoms with van der Waals surface area (Å²) in [6.45, 7) is 7.26. The number of nitro groups is 1. The standard InChI is InChI=1S/C30H34N4O8/c1-18-25(28(36)37)27(20-10-8-11-22(13-20)34(39)40)26(29(38)41-5)19(2)33(18)17-30(3,4)32-15-23(35)16-42-24-12-7-6-9-21(24)14-31/h6-13,23,27,32,35H,15-17H2,1-5H3,(H,36,37). The lowest BCUT2D eigenvalue weighted by Crippen LogP contribution is -2.52. The van der Waals surface area contributed by atoms with E-state index in [9.17, 15) is 35.2 Å². The van der Waals surface area contributed by atoms with Gasteiger partial charge in [-0.05, 0) is 45.4 Å². The number of esters is 1. The molecule has 222 valence electrons. The molecule has 0 aliphatic carbocycles. The zero-order chi connectivity index (χ0) is 31.2. The highest BCUT2D eigenvalue weighted by Crippen LogP contribution is 2.43. The number of ether oxygens (including phenoxy) is 2. The second kappa shape index (κ2) is 13.3. The van der Waals surface area contributed by atoms with Crippen LogP contribution in [-0.2, 0) is 14.3 Å². The topological polar surface area (TPSA) is 175 Å². The SMILES string of the molecule is COC(=O)C1=C(C)N(CC(C)(C)NCC(O)COc2ccccc2C#N)C(C)=C(C(=O)O)C1c1cccc([N+](=O)[O-])c1. The number of rotatable bonds is 12. The number of benzene rings is 2. The Bertz CT molecular complexity index is 1470. The number of aliphatic hydroxyl groups excluding tert-OH is 1. The number of carboxylic acids is 1. The highest BCUT2D eigenvalue weighted by Gasteiger charge is 2.41. The smallest absolute Gasteiger partial charge is 0.336 e. The largest absolute Gasteiger partial charge is 0.489 e. The lowest BCUT2D eigenvalue weighted by molar-refractivity contribution is -0.384. The monoisotopic (exact) mass is 578 g/mol. The van der Waals surface area contributed by atoms with Crippen molar-refractivity contribution in [2.75, 3.05) is 26.8 Å². The van der Waals surface area contributed by atoms with Crippen LogP contribution in [0, 0.1) is 21.4 Å². The molecule has 0 spiro atoms. The first-order chi connectivity index (χ1) is 19.8. The van der Waals surface area contributed by atoms with Crippen LogP contribution in [0.3, 0.4) is 0 Å². The first-order valence-electron chi connectivity index (χ1n) is 13.1. The van der Waals surface area contributed by atoms with Crippen molar-refractivity contribution < 1.29 is 34.2 Å². The van der Waals surface area contributed by atoms with Gasteiger partial charge in [0.05, 0.1) is 34.7 Å². The second-order valence-corrected chi connectivity index (χ2v) is 10.5. The molecule has 12 nitrogen and oxygen atoms in total. The number of carbonyl (C=O) groups is 2. The van der Waals surface area contributed by atoms with Crippen LogP contribution < -0.4 is 10.1 Å². The van der Waals surface area contributed by atoms with Gasteiger partial charge in [-0.2, -0.15) is 5.26 Å². The molecule has 3 rings (SSSR count). The molecule has 0 fully saturated rings. The number of aliphatic carboxylic acids is 1. The molecule has 1 aliphatic rings. The Labute approximate surface area is 243 Å². The quantitative estimate of drug-likeness (QED) is 0.191. The maximum Gasteiger partial charge on any atom is 0.336 e. The molecule has 2 aromatic rings. The van der Waals surface area contributed by atoms with Gasteiger partial charge < -0.3 is 29.9 Å². The predicted octanol–water partition coefficient (Wildman–Crippen LogP) is 3.48. The Kier molecular flexibility index (Phi) is 10.1. The molecule has 0 aromatic heterocycles. The van der Waals surface area contributed by atoms with Crippen molar-refractivity contribution in [3.05, 3.63) is 92.3 Å². The summed E-state index contributed by atoms with van der Waals surface area (Å²) in [5, 5.41) is 44.7. The number of carboxylic acid groups (broad SMARTS) is 1. The van der Waals surface area contributed by atoms with Crippen LogP contribution in [0.15, 0.2) is 71.1 Å². The van der Waals surface area contributed by atoms with Crippen LogP contribution >= 0.6 is 0 Å². The average Bonchev–Trinajstić information content (AvgIpc) is 2.96. The third kappa shape index (κ3) is 7.12. The molecule has 0 saturated heterocycles. The number of non-ortho nitro benzene ring substituents is 1. The van der Waals surface area contributed by atoms with Crippen molar-refractivity contribution in [3.8, 4) is 11.8 Å². The summed E-state index contributed by atoms with van der Waals surface area (Å²) < 4.78 is 10.6. The molecule has 1 heterocycles. The number of hydrogen-bond donors (Lipinski definition) is 3. The summed E-state index contributed by atoms with van der Waals surface area (Å²) in [6, 6.07) is 14.3. The number of β-amino-alcohol motifs (C(OH)–C–C–N with tert-alkyl or cyclic N) is 1. The Morgan fingerprint density at radius 3 is 2.45 bits per heavy atom. The van der Waals surface area contributed by atoms with Crippen molar-refractivity contribution in [1.29, 1.82) is 5.26 Å². The number of nitrogens with one attached hydrogen (secondary N) is 1. The van der Waals surface area contributed by atoms with Crippen molar-refractivity contribution in [1.82, 2.24) is 10.2 Å². The highest BCUT2D eigenvalue weighted by atomic mass is 16.6. The van der Waals surface area contributed by atoms with E-state index in [0.29, 0.717) is 22.7 Å². The summed E-state index contributed by atoms with van der Waals surface area (Å²) in [7, 11) is 1.19. The fourth-order valence-corrected chi connectivity index (χ4v) is 4.92.